The van der Waals surface area contributed by atoms with E-state index in [0.717, 1.165) is 18.9 Å². The van der Waals surface area contributed by atoms with E-state index in [1.54, 1.807) is 53.2 Å². The molecule has 0 aliphatic carbocycles. The minimum atomic E-state index is -1.41. The lowest BCUT2D eigenvalue weighted by atomic mass is 10.1. The van der Waals surface area contributed by atoms with Gasteiger partial charge in [-0.05, 0) is 55.3 Å². The Bertz CT molecular complexity index is 1570. The van der Waals surface area contributed by atoms with Crippen molar-refractivity contribution >= 4 is 34.2 Å². The normalized spacial score (nSPS) is 15.0. The summed E-state index contributed by atoms with van der Waals surface area (Å²) in [5, 5.41) is 12.3. The molecule has 1 aliphatic rings. The van der Waals surface area contributed by atoms with Crippen LogP contribution in [0.15, 0.2) is 71.8 Å². The topological polar surface area (TPSA) is 114 Å². The summed E-state index contributed by atoms with van der Waals surface area (Å²) in [6, 6.07) is 14.6. The molecule has 0 spiro atoms. The molecule has 2 aromatic heterocycles. The number of carbonyl (C=O) groups is 2. The second-order valence-electron chi connectivity index (χ2n) is 9.06. The number of rotatable bonds is 7. The van der Waals surface area contributed by atoms with Crippen LogP contribution in [0.4, 0.5) is 15.8 Å². The summed E-state index contributed by atoms with van der Waals surface area (Å²) in [5.74, 6) is -1.77. The SMILES string of the molecule is CC(=O)Nc1ccc(-n2cc(C(=O)O)c(=O)c3cc(F)c(N4CCC[C@@H]4COc4ccccn4)cc32)cc1. The number of anilines is 2. The van der Waals surface area contributed by atoms with Gasteiger partial charge in [-0.2, -0.15) is 0 Å². The summed E-state index contributed by atoms with van der Waals surface area (Å²) in [4.78, 5) is 42.3. The van der Waals surface area contributed by atoms with E-state index in [9.17, 15) is 19.5 Å². The fourth-order valence-corrected chi connectivity index (χ4v) is 4.77. The van der Waals surface area contributed by atoms with Crippen molar-refractivity contribution < 1.29 is 23.8 Å². The number of carbonyl (C=O) groups excluding carboxylic acids is 1. The molecule has 3 heterocycles. The third-order valence-corrected chi connectivity index (χ3v) is 6.52. The average molecular weight is 517 g/mol. The summed E-state index contributed by atoms with van der Waals surface area (Å²) in [6.45, 7) is 2.30. The predicted molar refractivity (Wildman–Crippen MR) is 141 cm³/mol. The van der Waals surface area contributed by atoms with Crippen LogP contribution in [0.3, 0.4) is 0 Å². The van der Waals surface area contributed by atoms with Gasteiger partial charge >= 0.3 is 5.97 Å². The van der Waals surface area contributed by atoms with E-state index in [1.807, 2.05) is 11.0 Å². The molecule has 0 saturated carbocycles. The number of nitrogens with one attached hydrogen (secondary N) is 1. The molecule has 2 N–H and O–H groups in total. The van der Waals surface area contributed by atoms with Gasteiger partial charge in [0, 0.05) is 48.7 Å². The van der Waals surface area contributed by atoms with Gasteiger partial charge < -0.3 is 24.6 Å². The number of benzene rings is 2. The largest absolute Gasteiger partial charge is 0.477 e. The number of amides is 1. The van der Waals surface area contributed by atoms with Crippen LogP contribution in [-0.2, 0) is 4.79 Å². The van der Waals surface area contributed by atoms with Crippen molar-refractivity contribution in [1.29, 1.82) is 0 Å². The molecule has 0 unspecified atom stereocenters. The maximum atomic E-state index is 15.5. The average Bonchev–Trinajstić information content (AvgIpc) is 3.37. The summed E-state index contributed by atoms with van der Waals surface area (Å²) >= 11 is 0. The van der Waals surface area contributed by atoms with E-state index in [0.29, 0.717) is 41.6 Å². The first-order valence-corrected chi connectivity index (χ1v) is 12.1. The maximum absolute atomic E-state index is 15.5. The van der Waals surface area contributed by atoms with Crippen LogP contribution in [0.2, 0.25) is 0 Å². The number of fused-ring (bicyclic) bond motifs is 1. The highest BCUT2D eigenvalue weighted by Crippen LogP contribution is 2.32. The number of halogens is 1. The fourth-order valence-electron chi connectivity index (χ4n) is 4.77. The van der Waals surface area contributed by atoms with Crippen molar-refractivity contribution in [2.75, 3.05) is 23.4 Å². The zero-order valence-corrected chi connectivity index (χ0v) is 20.6. The van der Waals surface area contributed by atoms with Gasteiger partial charge in [-0.15, -0.1) is 0 Å². The molecule has 1 fully saturated rings. The molecule has 2 aromatic carbocycles. The van der Waals surface area contributed by atoms with Gasteiger partial charge in [0.15, 0.2) is 0 Å². The molecule has 38 heavy (non-hydrogen) atoms. The predicted octanol–water partition coefficient (Wildman–Crippen LogP) is 4.23. The van der Waals surface area contributed by atoms with E-state index in [-0.39, 0.29) is 17.3 Å². The Morgan fingerprint density at radius 2 is 1.97 bits per heavy atom. The van der Waals surface area contributed by atoms with Crippen molar-refractivity contribution in [2.24, 2.45) is 0 Å². The van der Waals surface area contributed by atoms with Crippen molar-refractivity contribution in [2.45, 2.75) is 25.8 Å². The van der Waals surface area contributed by atoms with E-state index in [2.05, 4.69) is 10.3 Å². The van der Waals surface area contributed by atoms with Gasteiger partial charge in [-0.25, -0.2) is 14.2 Å². The smallest absolute Gasteiger partial charge is 0.341 e. The van der Waals surface area contributed by atoms with Crippen LogP contribution in [-0.4, -0.2) is 45.7 Å². The first kappa shape index (κ1) is 24.9. The van der Waals surface area contributed by atoms with Gasteiger partial charge in [-0.1, -0.05) is 6.07 Å². The van der Waals surface area contributed by atoms with Gasteiger partial charge in [0.05, 0.1) is 17.2 Å². The van der Waals surface area contributed by atoms with Crippen molar-refractivity contribution in [3.05, 3.63) is 88.6 Å². The first-order valence-electron chi connectivity index (χ1n) is 12.1. The standard InChI is InChI=1S/C28H25FN4O5/c1-17(34)31-18-7-9-19(10-8-18)33-15-22(28(36)37)27(35)21-13-23(29)25(14-24(21)33)32-12-4-5-20(32)16-38-26-6-2-3-11-30-26/h2-3,6-11,13-15,20H,4-5,12,16H2,1H3,(H,31,34)(H,36,37)/t20-/m1/s1. The Morgan fingerprint density at radius 3 is 2.66 bits per heavy atom. The Balaban J connectivity index is 1.58. The monoisotopic (exact) mass is 516 g/mol. The zero-order chi connectivity index (χ0) is 26.8. The number of carboxylic acids is 1. The van der Waals surface area contributed by atoms with Crippen LogP contribution in [0.5, 0.6) is 5.88 Å². The molecule has 0 radical (unpaired) electrons. The van der Waals surface area contributed by atoms with Crippen LogP contribution in [0.25, 0.3) is 16.6 Å². The third-order valence-electron chi connectivity index (χ3n) is 6.52. The number of ether oxygens (including phenoxy) is 1. The number of hydrogen-bond donors (Lipinski definition) is 2. The fraction of sp³-hybridized carbons (Fsp3) is 0.214. The highest BCUT2D eigenvalue weighted by atomic mass is 19.1. The number of pyridine rings is 2. The number of nitrogens with zero attached hydrogens (tertiary/aromatic N) is 3. The quantitative estimate of drug-likeness (QED) is 0.378. The van der Waals surface area contributed by atoms with Crippen LogP contribution in [0.1, 0.15) is 30.1 Å². The molecule has 4 aromatic rings. The lowest BCUT2D eigenvalue weighted by Crippen LogP contribution is -2.35. The number of hydrogen-bond acceptors (Lipinski definition) is 6. The Labute approximate surface area is 217 Å². The Morgan fingerprint density at radius 1 is 1.18 bits per heavy atom. The van der Waals surface area contributed by atoms with E-state index < -0.39 is 22.8 Å². The van der Waals surface area contributed by atoms with Crippen molar-refractivity contribution in [3.8, 4) is 11.6 Å². The Kier molecular flexibility index (Phi) is 6.78. The van der Waals surface area contributed by atoms with E-state index in [4.69, 9.17) is 4.74 Å². The molecule has 10 heteroatoms. The highest BCUT2D eigenvalue weighted by Gasteiger charge is 2.29. The van der Waals surface area contributed by atoms with Gasteiger partial charge in [-0.3, -0.25) is 9.59 Å². The van der Waals surface area contributed by atoms with E-state index >= 15 is 4.39 Å². The third kappa shape index (κ3) is 4.93. The molecule has 0 bridgehead atoms. The molecule has 194 valence electrons. The number of aromatic nitrogens is 2. The molecule has 1 aliphatic heterocycles. The van der Waals surface area contributed by atoms with Crippen molar-refractivity contribution in [3.63, 3.8) is 0 Å². The first-order chi connectivity index (χ1) is 18.3. The van der Waals surface area contributed by atoms with Gasteiger partial charge in [0.1, 0.15) is 18.0 Å². The molecule has 1 atom stereocenters. The second-order valence-corrected chi connectivity index (χ2v) is 9.06. The molecule has 1 saturated heterocycles. The summed E-state index contributed by atoms with van der Waals surface area (Å²) in [6.07, 6.45) is 4.51. The van der Waals surface area contributed by atoms with Crippen molar-refractivity contribution in [1.82, 2.24) is 9.55 Å². The Hall–Kier alpha value is -4.73. The zero-order valence-electron chi connectivity index (χ0n) is 20.6. The molecule has 9 nitrogen and oxygen atoms in total. The molecule has 5 rings (SSSR count). The van der Waals surface area contributed by atoms with Crippen LogP contribution in [0, 0.1) is 5.82 Å². The van der Waals surface area contributed by atoms with E-state index in [1.165, 1.54) is 13.1 Å². The summed E-state index contributed by atoms with van der Waals surface area (Å²) < 4.78 is 22.9. The van der Waals surface area contributed by atoms with Gasteiger partial charge in [0.25, 0.3) is 0 Å². The maximum Gasteiger partial charge on any atom is 0.341 e. The number of carboxylic acid groups (broad SMARTS) is 1. The summed E-state index contributed by atoms with van der Waals surface area (Å²) in [5.41, 5.74) is 0.528. The molecule has 1 amide bonds. The second kappa shape index (κ2) is 10.3. The highest BCUT2D eigenvalue weighted by molar-refractivity contribution is 5.94. The minimum absolute atomic E-state index is 0.0439. The minimum Gasteiger partial charge on any atom is -0.477 e. The number of aromatic carboxylic acids is 1. The van der Waals surface area contributed by atoms with Crippen LogP contribution >= 0.6 is 0 Å². The molecular weight excluding hydrogens is 491 g/mol. The lowest BCUT2D eigenvalue weighted by molar-refractivity contribution is -0.114. The lowest BCUT2D eigenvalue weighted by Gasteiger charge is -2.27. The molecular formula is C28H25FN4O5. The van der Waals surface area contributed by atoms with Gasteiger partial charge in [0.2, 0.25) is 17.2 Å². The summed E-state index contributed by atoms with van der Waals surface area (Å²) in [7, 11) is 0. The van der Waals surface area contributed by atoms with Crippen LogP contribution < -0.4 is 20.4 Å².